The lowest BCUT2D eigenvalue weighted by molar-refractivity contribution is 0.345. The van der Waals surface area contributed by atoms with Gasteiger partial charge in [0.2, 0.25) is 10.0 Å². The second-order valence-corrected chi connectivity index (χ2v) is 11.8. The van der Waals surface area contributed by atoms with Crippen molar-refractivity contribution in [2.75, 3.05) is 18.8 Å². The Morgan fingerprint density at radius 2 is 1.48 bits per heavy atom. The Morgan fingerprint density at radius 1 is 1.00 bits per heavy atom. The van der Waals surface area contributed by atoms with E-state index in [0.29, 0.717) is 17.7 Å². The smallest absolute Gasteiger partial charge is 0.229 e. The van der Waals surface area contributed by atoms with E-state index in [2.05, 4.69) is 0 Å². The highest BCUT2D eigenvalue weighted by molar-refractivity contribution is 7.92. The van der Waals surface area contributed by atoms with E-state index in [1.807, 2.05) is 46.8 Å². The number of sulfonamides is 1. The minimum atomic E-state index is -3.59. The molecule has 1 fully saturated rings. The largest absolute Gasteiger partial charge is 0.243 e. The molecule has 0 atom stereocenters. The molecule has 0 spiro atoms. The van der Waals surface area contributed by atoms with Gasteiger partial charge in [0.15, 0.2) is 9.84 Å². The number of hydrogen-bond donors (Lipinski definition) is 0. The van der Waals surface area contributed by atoms with Crippen LogP contribution in [0, 0.1) is 26.7 Å². The van der Waals surface area contributed by atoms with Crippen molar-refractivity contribution in [3.05, 3.63) is 28.8 Å². The van der Waals surface area contributed by atoms with E-state index in [4.69, 9.17) is 0 Å². The summed E-state index contributed by atoms with van der Waals surface area (Å²) in [5.74, 6) is 0.255. The number of benzene rings is 1. The summed E-state index contributed by atoms with van der Waals surface area (Å²) < 4.78 is 52.3. The molecule has 1 aliphatic heterocycles. The summed E-state index contributed by atoms with van der Waals surface area (Å²) in [7, 11) is -6.75. The van der Waals surface area contributed by atoms with E-state index < -0.39 is 25.1 Å². The zero-order valence-electron chi connectivity index (χ0n) is 15.7. The quantitative estimate of drug-likeness (QED) is 0.779. The molecule has 25 heavy (non-hydrogen) atoms. The van der Waals surface area contributed by atoms with Crippen LogP contribution in [0.25, 0.3) is 0 Å². The highest BCUT2D eigenvalue weighted by atomic mass is 32.2. The Labute approximate surface area is 152 Å². The van der Waals surface area contributed by atoms with Crippen LogP contribution in [0.5, 0.6) is 0 Å². The highest BCUT2D eigenvalue weighted by Crippen LogP contribution is 2.29. The van der Waals surface area contributed by atoms with E-state index in [-0.39, 0.29) is 24.8 Å². The third kappa shape index (κ3) is 4.44. The first-order chi connectivity index (χ1) is 11.4. The average molecular weight is 388 g/mol. The molecule has 0 amide bonds. The van der Waals surface area contributed by atoms with Gasteiger partial charge in [-0.05, 0) is 50.7 Å². The predicted molar refractivity (Wildman–Crippen MR) is 101 cm³/mol. The minimum Gasteiger partial charge on any atom is -0.229 e. The molecule has 5 nitrogen and oxygen atoms in total. The van der Waals surface area contributed by atoms with Gasteiger partial charge >= 0.3 is 0 Å². The summed E-state index contributed by atoms with van der Waals surface area (Å²) >= 11 is 0. The third-order valence-electron chi connectivity index (χ3n) is 4.68. The standard InChI is InChI=1S/C18H29NO4S2/c1-13(2)12-24(20,21)17-6-8-19(9-7-17)25(22,23)18-15(4)10-14(3)11-16(18)5/h10-11,13,17H,6-9,12H2,1-5H3. The molecule has 0 bridgehead atoms. The number of sulfone groups is 1. The predicted octanol–water partition coefficient (Wildman–Crippen LogP) is 2.84. The molecule has 1 aromatic rings. The Morgan fingerprint density at radius 3 is 1.92 bits per heavy atom. The zero-order chi connectivity index (χ0) is 19.0. The molecule has 142 valence electrons. The maximum absolute atomic E-state index is 13.1. The topological polar surface area (TPSA) is 71.5 Å². The normalized spacial score (nSPS) is 18.0. The van der Waals surface area contributed by atoms with E-state index in [9.17, 15) is 16.8 Å². The summed E-state index contributed by atoms with van der Waals surface area (Å²) in [4.78, 5) is 0.363. The molecule has 1 aliphatic rings. The van der Waals surface area contributed by atoms with Gasteiger partial charge < -0.3 is 0 Å². The van der Waals surface area contributed by atoms with Gasteiger partial charge in [-0.1, -0.05) is 31.5 Å². The molecule has 0 radical (unpaired) electrons. The lowest BCUT2D eigenvalue weighted by atomic mass is 10.1. The second-order valence-electron chi connectivity index (χ2n) is 7.55. The Bertz CT molecular complexity index is 811. The second kappa shape index (κ2) is 7.37. The maximum Gasteiger partial charge on any atom is 0.243 e. The van der Waals surface area contributed by atoms with Crippen LogP contribution in [0.15, 0.2) is 17.0 Å². The van der Waals surface area contributed by atoms with E-state index in [0.717, 1.165) is 16.7 Å². The first kappa shape index (κ1) is 20.4. The molecule has 7 heteroatoms. The number of hydrogen-bond acceptors (Lipinski definition) is 4. The Hall–Kier alpha value is -0.920. The van der Waals surface area contributed by atoms with Crippen LogP contribution in [0.1, 0.15) is 43.4 Å². The van der Waals surface area contributed by atoms with Gasteiger partial charge in [-0.3, -0.25) is 0 Å². The van der Waals surface area contributed by atoms with Gasteiger partial charge in [0.1, 0.15) is 0 Å². The van der Waals surface area contributed by atoms with Crippen molar-refractivity contribution in [1.82, 2.24) is 4.31 Å². The lowest BCUT2D eigenvalue weighted by Gasteiger charge is -2.32. The van der Waals surface area contributed by atoms with Crippen LogP contribution in [0.3, 0.4) is 0 Å². The molecule has 0 unspecified atom stereocenters. The SMILES string of the molecule is Cc1cc(C)c(S(=O)(=O)N2CCC(S(=O)(=O)CC(C)C)CC2)c(C)c1. The van der Waals surface area contributed by atoms with Crippen LogP contribution in [0.2, 0.25) is 0 Å². The van der Waals surface area contributed by atoms with E-state index in [1.54, 1.807) is 0 Å². The fraction of sp³-hybridized carbons (Fsp3) is 0.667. The number of nitrogens with zero attached hydrogens (tertiary/aromatic N) is 1. The molecule has 2 rings (SSSR count). The van der Waals surface area contributed by atoms with Crippen molar-refractivity contribution >= 4 is 19.9 Å². The molecule has 1 saturated heterocycles. The Kier molecular flexibility index (Phi) is 6.01. The number of aryl methyl sites for hydroxylation is 3. The first-order valence-corrected chi connectivity index (χ1v) is 11.9. The van der Waals surface area contributed by atoms with Gasteiger partial charge in [-0.2, -0.15) is 4.31 Å². The van der Waals surface area contributed by atoms with Crippen LogP contribution >= 0.6 is 0 Å². The highest BCUT2D eigenvalue weighted by Gasteiger charge is 2.36. The van der Waals surface area contributed by atoms with Crippen molar-refractivity contribution in [2.24, 2.45) is 5.92 Å². The minimum absolute atomic E-state index is 0.0876. The van der Waals surface area contributed by atoms with Gasteiger partial charge in [0.25, 0.3) is 0 Å². The fourth-order valence-corrected chi connectivity index (χ4v) is 7.75. The average Bonchev–Trinajstić information content (AvgIpc) is 2.44. The van der Waals surface area contributed by atoms with Crippen molar-refractivity contribution in [3.8, 4) is 0 Å². The van der Waals surface area contributed by atoms with Crippen molar-refractivity contribution < 1.29 is 16.8 Å². The van der Waals surface area contributed by atoms with Crippen molar-refractivity contribution in [1.29, 1.82) is 0 Å². The molecule has 1 heterocycles. The van der Waals surface area contributed by atoms with Crippen LogP contribution in [-0.2, 0) is 19.9 Å². The summed E-state index contributed by atoms with van der Waals surface area (Å²) in [6.07, 6.45) is 0.747. The lowest BCUT2D eigenvalue weighted by Crippen LogP contribution is -2.43. The number of piperidine rings is 1. The van der Waals surface area contributed by atoms with Gasteiger partial charge in [-0.25, -0.2) is 16.8 Å². The monoisotopic (exact) mass is 387 g/mol. The number of rotatable bonds is 5. The van der Waals surface area contributed by atoms with Gasteiger partial charge in [-0.15, -0.1) is 0 Å². The van der Waals surface area contributed by atoms with Gasteiger partial charge in [0, 0.05) is 13.1 Å². The molecule has 0 N–H and O–H groups in total. The fourth-order valence-electron chi connectivity index (χ4n) is 3.74. The molecular formula is C18H29NO4S2. The van der Waals surface area contributed by atoms with Crippen LogP contribution in [-0.4, -0.2) is 45.2 Å². The van der Waals surface area contributed by atoms with Crippen molar-refractivity contribution in [2.45, 2.75) is 57.6 Å². The van der Waals surface area contributed by atoms with E-state index in [1.165, 1.54) is 4.31 Å². The molecule has 1 aromatic carbocycles. The van der Waals surface area contributed by atoms with E-state index >= 15 is 0 Å². The third-order valence-corrected chi connectivity index (χ3v) is 9.50. The van der Waals surface area contributed by atoms with Crippen molar-refractivity contribution in [3.63, 3.8) is 0 Å². The first-order valence-electron chi connectivity index (χ1n) is 8.74. The summed E-state index contributed by atoms with van der Waals surface area (Å²) in [5.41, 5.74) is 2.52. The summed E-state index contributed by atoms with van der Waals surface area (Å²) in [6.45, 7) is 9.87. The molecule has 0 saturated carbocycles. The molecule has 0 aliphatic carbocycles. The summed E-state index contributed by atoms with van der Waals surface area (Å²) in [6, 6.07) is 3.75. The molecular weight excluding hydrogens is 358 g/mol. The maximum atomic E-state index is 13.1. The zero-order valence-corrected chi connectivity index (χ0v) is 17.4. The van der Waals surface area contributed by atoms with Crippen LogP contribution in [0.4, 0.5) is 0 Å². The Balaban J connectivity index is 2.20. The molecule has 0 aromatic heterocycles. The van der Waals surface area contributed by atoms with Gasteiger partial charge in [0.05, 0.1) is 15.9 Å². The summed E-state index contributed by atoms with van der Waals surface area (Å²) in [5, 5.41) is -0.429. The van der Waals surface area contributed by atoms with Crippen LogP contribution < -0.4 is 0 Å².